The van der Waals surface area contributed by atoms with Crippen LogP contribution < -0.4 is 0 Å². The number of carbonyl (C=O) groups is 1. The molecule has 0 aliphatic heterocycles. The summed E-state index contributed by atoms with van der Waals surface area (Å²) in [5.41, 5.74) is 4.67. The molecule has 1 aromatic carbocycles. The van der Waals surface area contributed by atoms with E-state index in [9.17, 15) is 4.79 Å². The molecular weight excluding hydrogens is 276 g/mol. The third-order valence-electron chi connectivity index (χ3n) is 4.06. The van der Waals surface area contributed by atoms with Gasteiger partial charge in [0.15, 0.2) is 0 Å². The van der Waals surface area contributed by atoms with Crippen molar-refractivity contribution in [2.75, 3.05) is 0 Å². The van der Waals surface area contributed by atoms with Crippen LogP contribution in [0.2, 0.25) is 0 Å². The number of carboxylic acids is 1. The fourth-order valence-electron chi connectivity index (χ4n) is 2.73. The quantitative estimate of drug-likeness (QED) is 0.842. The average molecular weight is 302 g/mol. The van der Waals surface area contributed by atoms with Crippen molar-refractivity contribution < 1.29 is 9.90 Å². The number of carboxylic acid groups (broad SMARTS) is 1. The first-order valence-electron chi connectivity index (χ1n) is 7.90. The molecule has 0 unspecified atom stereocenters. The average Bonchev–Trinajstić information content (AvgIpc) is 2.73. The van der Waals surface area contributed by atoms with Gasteiger partial charge in [-0.3, -0.25) is 4.79 Å². The standard InChI is InChI=1S/C18H26N2O2/c1-12-10-14-15(11-13(12)2)20(9-7-6-8-16(21)22)17(19-14)18(3,4)5/h10-11H,6-9H2,1-5H3,(H,21,22). The fourth-order valence-corrected chi connectivity index (χ4v) is 2.73. The van der Waals surface area contributed by atoms with E-state index in [2.05, 4.69) is 51.3 Å². The maximum absolute atomic E-state index is 10.7. The highest BCUT2D eigenvalue weighted by molar-refractivity contribution is 5.78. The number of hydrogen-bond acceptors (Lipinski definition) is 2. The van der Waals surface area contributed by atoms with E-state index in [1.54, 1.807) is 0 Å². The summed E-state index contributed by atoms with van der Waals surface area (Å²) in [5.74, 6) is 0.348. The third kappa shape index (κ3) is 3.49. The van der Waals surface area contributed by atoms with Crippen LogP contribution in [0.4, 0.5) is 0 Å². The minimum absolute atomic E-state index is 0.0341. The Labute approximate surface area is 132 Å². The highest BCUT2D eigenvalue weighted by atomic mass is 16.4. The molecule has 4 heteroatoms. The number of rotatable bonds is 5. The first kappa shape index (κ1) is 16.5. The monoisotopic (exact) mass is 302 g/mol. The molecular formula is C18H26N2O2. The van der Waals surface area contributed by atoms with Crippen molar-refractivity contribution >= 4 is 17.0 Å². The van der Waals surface area contributed by atoms with Gasteiger partial charge in [0.1, 0.15) is 5.82 Å². The Morgan fingerprint density at radius 1 is 1.18 bits per heavy atom. The second kappa shape index (κ2) is 6.11. The molecule has 2 rings (SSSR count). The van der Waals surface area contributed by atoms with Gasteiger partial charge in [-0.15, -0.1) is 0 Å². The zero-order valence-electron chi connectivity index (χ0n) is 14.2. The molecule has 0 spiro atoms. The normalized spacial score (nSPS) is 12.0. The maximum Gasteiger partial charge on any atom is 0.303 e. The lowest BCUT2D eigenvalue weighted by Crippen LogP contribution is -2.19. The number of aromatic nitrogens is 2. The number of nitrogens with zero attached hydrogens (tertiary/aromatic N) is 2. The minimum atomic E-state index is -0.724. The van der Waals surface area contributed by atoms with Gasteiger partial charge in [0, 0.05) is 18.4 Å². The summed E-state index contributed by atoms with van der Waals surface area (Å²) in [5, 5.41) is 8.77. The van der Waals surface area contributed by atoms with E-state index in [1.165, 1.54) is 11.1 Å². The molecule has 0 saturated carbocycles. The van der Waals surface area contributed by atoms with Crippen molar-refractivity contribution in [2.24, 2.45) is 0 Å². The van der Waals surface area contributed by atoms with Crippen LogP contribution in [0.15, 0.2) is 12.1 Å². The van der Waals surface area contributed by atoms with Crippen LogP contribution in [0.1, 0.15) is 57.0 Å². The second-order valence-electron chi connectivity index (χ2n) is 7.11. The first-order valence-corrected chi connectivity index (χ1v) is 7.90. The van der Waals surface area contributed by atoms with E-state index in [0.717, 1.165) is 29.8 Å². The minimum Gasteiger partial charge on any atom is -0.481 e. The number of hydrogen-bond donors (Lipinski definition) is 1. The van der Waals surface area contributed by atoms with Gasteiger partial charge >= 0.3 is 5.97 Å². The van der Waals surface area contributed by atoms with E-state index in [1.807, 2.05) is 0 Å². The number of imidazole rings is 1. The summed E-state index contributed by atoms with van der Waals surface area (Å²) in [4.78, 5) is 15.5. The van der Waals surface area contributed by atoms with Crippen LogP contribution >= 0.6 is 0 Å². The molecule has 1 N–H and O–H groups in total. The van der Waals surface area contributed by atoms with Crippen LogP contribution in [0.5, 0.6) is 0 Å². The van der Waals surface area contributed by atoms with E-state index in [4.69, 9.17) is 10.1 Å². The number of fused-ring (bicyclic) bond motifs is 1. The predicted octanol–water partition coefficient (Wildman–Crippen LogP) is 4.21. The molecule has 4 nitrogen and oxygen atoms in total. The van der Waals surface area contributed by atoms with Gasteiger partial charge < -0.3 is 9.67 Å². The van der Waals surface area contributed by atoms with Crippen molar-refractivity contribution in [3.05, 3.63) is 29.1 Å². The molecule has 0 aliphatic carbocycles. The Hall–Kier alpha value is -1.84. The van der Waals surface area contributed by atoms with Crippen molar-refractivity contribution in [2.45, 2.75) is 65.8 Å². The van der Waals surface area contributed by atoms with E-state index < -0.39 is 5.97 Å². The molecule has 0 atom stereocenters. The van der Waals surface area contributed by atoms with Crippen LogP contribution in [-0.4, -0.2) is 20.6 Å². The lowest BCUT2D eigenvalue weighted by molar-refractivity contribution is -0.137. The Kier molecular flexibility index (Phi) is 4.59. The lowest BCUT2D eigenvalue weighted by atomic mass is 9.95. The number of aryl methyl sites for hydroxylation is 3. The molecule has 0 amide bonds. The van der Waals surface area contributed by atoms with Crippen LogP contribution in [0.3, 0.4) is 0 Å². The molecule has 120 valence electrons. The summed E-state index contributed by atoms with van der Waals surface area (Å²) in [6, 6.07) is 4.34. The zero-order valence-corrected chi connectivity index (χ0v) is 14.2. The maximum atomic E-state index is 10.7. The molecule has 0 fully saturated rings. The summed E-state index contributed by atoms with van der Waals surface area (Å²) < 4.78 is 2.27. The zero-order chi connectivity index (χ0) is 16.5. The highest BCUT2D eigenvalue weighted by Gasteiger charge is 2.23. The molecule has 0 bridgehead atoms. The van der Waals surface area contributed by atoms with Gasteiger partial charge in [0.05, 0.1) is 11.0 Å². The molecule has 0 radical (unpaired) electrons. The SMILES string of the molecule is Cc1cc2nc(C(C)(C)C)n(CCCCC(=O)O)c2cc1C. The van der Waals surface area contributed by atoms with Crippen LogP contribution in [0.25, 0.3) is 11.0 Å². The van der Waals surface area contributed by atoms with Crippen LogP contribution in [0, 0.1) is 13.8 Å². The third-order valence-corrected chi connectivity index (χ3v) is 4.06. The molecule has 1 heterocycles. The Morgan fingerprint density at radius 3 is 2.41 bits per heavy atom. The number of benzene rings is 1. The van der Waals surface area contributed by atoms with Crippen molar-refractivity contribution in [3.8, 4) is 0 Å². The number of unbranched alkanes of at least 4 members (excludes halogenated alkanes) is 1. The largest absolute Gasteiger partial charge is 0.481 e. The molecule has 22 heavy (non-hydrogen) atoms. The Bertz CT molecular complexity index is 693. The second-order valence-corrected chi connectivity index (χ2v) is 7.11. The topological polar surface area (TPSA) is 55.1 Å². The van der Waals surface area contributed by atoms with E-state index in [0.29, 0.717) is 6.42 Å². The smallest absolute Gasteiger partial charge is 0.303 e. The van der Waals surface area contributed by atoms with Crippen LogP contribution in [-0.2, 0) is 16.8 Å². The lowest BCUT2D eigenvalue weighted by Gasteiger charge is -2.20. The van der Waals surface area contributed by atoms with E-state index >= 15 is 0 Å². The number of aliphatic carboxylic acids is 1. The Balaban J connectivity index is 2.39. The van der Waals surface area contributed by atoms with Crippen molar-refractivity contribution in [1.82, 2.24) is 9.55 Å². The highest BCUT2D eigenvalue weighted by Crippen LogP contribution is 2.28. The predicted molar refractivity (Wildman–Crippen MR) is 89.4 cm³/mol. The molecule has 1 aromatic heterocycles. The van der Waals surface area contributed by atoms with Gasteiger partial charge in [0.25, 0.3) is 0 Å². The summed E-state index contributed by atoms with van der Waals surface area (Å²) in [6.45, 7) is 11.6. The van der Waals surface area contributed by atoms with Gasteiger partial charge in [-0.2, -0.15) is 0 Å². The van der Waals surface area contributed by atoms with Gasteiger partial charge in [-0.05, 0) is 49.9 Å². The molecule has 0 saturated heterocycles. The first-order chi connectivity index (χ1) is 10.2. The van der Waals surface area contributed by atoms with Gasteiger partial charge in [0.2, 0.25) is 0 Å². The van der Waals surface area contributed by atoms with Gasteiger partial charge in [-0.1, -0.05) is 20.8 Å². The summed E-state index contributed by atoms with van der Waals surface area (Å²) >= 11 is 0. The van der Waals surface area contributed by atoms with Gasteiger partial charge in [-0.25, -0.2) is 4.98 Å². The van der Waals surface area contributed by atoms with Crippen molar-refractivity contribution in [3.63, 3.8) is 0 Å². The fraction of sp³-hybridized carbons (Fsp3) is 0.556. The summed E-state index contributed by atoms with van der Waals surface area (Å²) in [7, 11) is 0. The van der Waals surface area contributed by atoms with Crippen molar-refractivity contribution in [1.29, 1.82) is 0 Å². The van der Waals surface area contributed by atoms with E-state index in [-0.39, 0.29) is 11.8 Å². The molecule has 2 aromatic rings. The Morgan fingerprint density at radius 2 is 1.82 bits per heavy atom. The summed E-state index contributed by atoms with van der Waals surface area (Å²) in [6.07, 6.45) is 1.78. The molecule has 0 aliphatic rings.